The normalized spacial score (nSPS) is 14.7. The molecule has 7 heteroatoms. The third-order valence-electron chi connectivity index (χ3n) is 5.71. The first-order valence-electron chi connectivity index (χ1n) is 11.8. The maximum Gasteiger partial charge on any atom is 0.266 e. The molecule has 0 atom stereocenters. The highest BCUT2D eigenvalue weighted by Gasteiger charge is 2.32. The Hall–Kier alpha value is -2.80. The highest BCUT2D eigenvalue weighted by Crippen LogP contribution is 2.36. The van der Waals surface area contributed by atoms with Crippen LogP contribution in [0.3, 0.4) is 0 Å². The van der Waals surface area contributed by atoms with Gasteiger partial charge in [-0.05, 0) is 59.9 Å². The first-order chi connectivity index (χ1) is 17.3. The van der Waals surface area contributed by atoms with E-state index in [-0.39, 0.29) is 5.91 Å². The molecule has 1 amide bonds. The summed E-state index contributed by atoms with van der Waals surface area (Å²) in [5, 5.41) is 0.561. The van der Waals surface area contributed by atoms with E-state index in [9.17, 15) is 4.79 Å². The smallest absolute Gasteiger partial charge is 0.266 e. The van der Waals surface area contributed by atoms with Crippen LogP contribution < -0.4 is 9.47 Å². The molecule has 1 saturated heterocycles. The maximum absolute atomic E-state index is 13.1. The maximum atomic E-state index is 13.1. The van der Waals surface area contributed by atoms with Crippen LogP contribution in [0.1, 0.15) is 42.0 Å². The lowest BCUT2D eigenvalue weighted by atomic mass is 10.0. The molecule has 0 aliphatic carbocycles. The van der Waals surface area contributed by atoms with E-state index >= 15 is 0 Å². The van der Waals surface area contributed by atoms with Gasteiger partial charge in [-0.15, -0.1) is 0 Å². The van der Waals surface area contributed by atoms with E-state index in [0.29, 0.717) is 45.7 Å². The fourth-order valence-corrected chi connectivity index (χ4v) is 5.28. The monoisotopic (exact) mass is 537 g/mol. The highest BCUT2D eigenvalue weighted by atomic mass is 35.5. The van der Waals surface area contributed by atoms with Crippen molar-refractivity contribution in [3.05, 3.63) is 98.9 Å². The van der Waals surface area contributed by atoms with E-state index in [1.807, 2.05) is 36.4 Å². The summed E-state index contributed by atoms with van der Waals surface area (Å²) in [7, 11) is 0. The van der Waals surface area contributed by atoms with Crippen LogP contribution in [0.15, 0.2) is 71.6 Å². The number of nitrogens with zero attached hydrogens (tertiary/aromatic N) is 1. The van der Waals surface area contributed by atoms with E-state index < -0.39 is 0 Å². The van der Waals surface area contributed by atoms with Gasteiger partial charge < -0.3 is 9.47 Å². The summed E-state index contributed by atoms with van der Waals surface area (Å²) >= 11 is 13.0. The number of amides is 1. The van der Waals surface area contributed by atoms with Crippen molar-refractivity contribution in [1.29, 1.82) is 0 Å². The topological polar surface area (TPSA) is 38.8 Å². The Labute approximate surface area is 227 Å². The number of thioether (sulfide) groups is 1. The van der Waals surface area contributed by atoms with Crippen molar-refractivity contribution < 1.29 is 14.3 Å². The molecule has 4 rings (SSSR count). The SMILES string of the molecule is Cc1ccc(C(C)C)c(OCCOc2ccc(Cl)cc2/C=C2\SC(=S)N(Cc3ccccc3)C2=O)c1. The molecule has 0 unspecified atom stereocenters. The lowest BCUT2D eigenvalue weighted by molar-refractivity contribution is -0.122. The third kappa shape index (κ3) is 6.49. The van der Waals surface area contributed by atoms with Gasteiger partial charge in [0.1, 0.15) is 29.0 Å². The lowest BCUT2D eigenvalue weighted by Crippen LogP contribution is -2.27. The molecule has 1 aliphatic heterocycles. The number of carbonyl (C=O) groups excluding carboxylic acids is 1. The molecule has 0 radical (unpaired) electrons. The Morgan fingerprint density at radius 3 is 2.44 bits per heavy atom. The van der Waals surface area contributed by atoms with Gasteiger partial charge in [-0.2, -0.15) is 0 Å². The quantitative estimate of drug-likeness (QED) is 0.159. The van der Waals surface area contributed by atoms with Crippen LogP contribution in [0, 0.1) is 6.92 Å². The number of thiocarbonyl (C=S) groups is 1. The van der Waals surface area contributed by atoms with Crippen molar-refractivity contribution >= 4 is 51.9 Å². The lowest BCUT2D eigenvalue weighted by Gasteiger charge is -2.16. The minimum Gasteiger partial charge on any atom is -0.490 e. The van der Waals surface area contributed by atoms with E-state index in [4.69, 9.17) is 33.3 Å². The largest absolute Gasteiger partial charge is 0.490 e. The molecule has 1 heterocycles. The van der Waals surface area contributed by atoms with Crippen molar-refractivity contribution in [3.63, 3.8) is 0 Å². The van der Waals surface area contributed by atoms with Crippen LogP contribution in [0.25, 0.3) is 6.08 Å². The zero-order chi connectivity index (χ0) is 25.7. The molecule has 4 nitrogen and oxygen atoms in total. The van der Waals surface area contributed by atoms with Crippen molar-refractivity contribution in [3.8, 4) is 11.5 Å². The summed E-state index contributed by atoms with van der Waals surface area (Å²) in [6.07, 6.45) is 1.80. The second-order valence-electron chi connectivity index (χ2n) is 8.83. The molecule has 1 aliphatic rings. The molecule has 3 aromatic rings. The van der Waals surface area contributed by atoms with Crippen molar-refractivity contribution in [1.82, 2.24) is 4.90 Å². The number of rotatable bonds is 9. The van der Waals surface area contributed by atoms with E-state index in [0.717, 1.165) is 22.4 Å². The molecule has 0 bridgehead atoms. The molecule has 36 heavy (non-hydrogen) atoms. The number of ether oxygens (including phenoxy) is 2. The zero-order valence-electron chi connectivity index (χ0n) is 20.5. The Kier molecular flexibility index (Phi) is 8.72. The summed E-state index contributed by atoms with van der Waals surface area (Å²) in [6, 6.07) is 21.4. The molecule has 186 valence electrons. The van der Waals surface area contributed by atoms with E-state index in [1.54, 1.807) is 23.1 Å². The first-order valence-corrected chi connectivity index (χ1v) is 13.4. The van der Waals surface area contributed by atoms with Crippen molar-refractivity contribution in [2.24, 2.45) is 0 Å². The fraction of sp³-hybridized carbons (Fsp3) is 0.241. The molecular weight excluding hydrogens is 510 g/mol. The molecule has 0 saturated carbocycles. The van der Waals surface area contributed by atoms with E-state index in [2.05, 4.69) is 39.0 Å². The third-order valence-corrected chi connectivity index (χ3v) is 7.32. The average Bonchev–Trinajstić information content (AvgIpc) is 3.10. The van der Waals surface area contributed by atoms with Crippen molar-refractivity contribution in [2.75, 3.05) is 13.2 Å². The Bertz CT molecular complexity index is 1290. The minimum absolute atomic E-state index is 0.122. The zero-order valence-corrected chi connectivity index (χ0v) is 22.9. The molecule has 3 aromatic carbocycles. The molecule has 0 N–H and O–H groups in total. The Balaban J connectivity index is 1.45. The standard InChI is InChI=1S/C29H28ClNO3S2/c1-19(2)24-11-9-20(3)15-26(24)34-14-13-33-25-12-10-23(30)16-22(25)17-27-28(32)31(29(35)36-27)18-21-7-5-4-6-8-21/h4-12,15-17,19H,13-14,18H2,1-3H3/b27-17-. The number of aryl methyl sites for hydroxylation is 1. The summed E-state index contributed by atoms with van der Waals surface area (Å²) in [5.74, 6) is 1.76. The molecule has 0 spiro atoms. The van der Waals surface area contributed by atoms with Crippen LogP contribution in [0.5, 0.6) is 11.5 Å². The van der Waals surface area contributed by atoms with Crippen molar-refractivity contribution in [2.45, 2.75) is 33.2 Å². The second kappa shape index (κ2) is 12.0. The van der Waals surface area contributed by atoms with Gasteiger partial charge in [0.2, 0.25) is 0 Å². The average molecular weight is 538 g/mol. The number of hydrogen-bond acceptors (Lipinski definition) is 5. The number of carbonyl (C=O) groups is 1. The van der Waals surface area contributed by atoms with Gasteiger partial charge in [0.25, 0.3) is 5.91 Å². The van der Waals surface area contributed by atoms with Gasteiger partial charge in [0, 0.05) is 10.6 Å². The summed E-state index contributed by atoms with van der Waals surface area (Å²) in [6.45, 7) is 7.53. The van der Waals surface area contributed by atoms with Gasteiger partial charge in [0.15, 0.2) is 0 Å². The van der Waals surface area contributed by atoms with Gasteiger partial charge >= 0.3 is 0 Å². The first kappa shape index (κ1) is 26.3. The highest BCUT2D eigenvalue weighted by molar-refractivity contribution is 8.26. The molecular formula is C29H28ClNO3S2. The summed E-state index contributed by atoms with van der Waals surface area (Å²) < 4.78 is 12.6. The van der Waals surface area contributed by atoms with E-state index in [1.165, 1.54) is 17.3 Å². The van der Waals surface area contributed by atoms with Crippen LogP contribution >= 0.6 is 35.6 Å². The van der Waals surface area contributed by atoms with Crippen LogP contribution in [0.4, 0.5) is 0 Å². The van der Waals surface area contributed by atoms with Gasteiger partial charge in [-0.3, -0.25) is 9.69 Å². The van der Waals surface area contributed by atoms with Crippen LogP contribution in [-0.4, -0.2) is 28.3 Å². The van der Waals surface area contributed by atoms with Gasteiger partial charge in [-0.1, -0.05) is 91.9 Å². The van der Waals surface area contributed by atoms with Crippen LogP contribution in [0.2, 0.25) is 5.02 Å². The molecule has 1 fully saturated rings. The Morgan fingerprint density at radius 2 is 1.72 bits per heavy atom. The summed E-state index contributed by atoms with van der Waals surface area (Å²) in [4.78, 5) is 15.3. The van der Waals surface area contributed by atoms with Crippen LogP contribution in [-0.2, 0) is 11.3 Å². The number of benzene rings is 3. The number of halogens is 1. The van der Waals surface area contributed by atoms with Gasteiger partial charge in [0.05, 0.1) is 11.4 Å². The predicted octanol–water partition coefficient (Wildman–Crippen LogP) is 7.63. The predicted molar refractivity (Wildman–Crippen MR) is 153 cm³/mol. The second-order valence-corrected chi connectivity index (χ2v) is 10.9. The fourth-order valence-electron chi connectivity index (χ4n) is 3.85. The minimum atomic E-state index is -0.122. The molecule has 0 aromatic heterocycles. The summed E-state index contributed by atoms with van der Waals surface area (Å²) in [5.41, 5.74) is 4.07. The van der Waals surface area contributed by atoms with Gasteiger partial charge in [-0.25, -0.2) is 0 Å². The number of hydrogen-bond donors (Lipinski definition) is 0. The Morgan fingerprint density at radius 1 is 1.00 bits per heavy atom.